The quantitative estimate of drug-likeness (QED) is 0.412. The number of fused-ring (bicyclic) bond motifs is 1. The van der Waals surface area contributed by atoms with Crippen molar-refractivity contribution < 1.29 is 14.7 Å². The van der Waals surface area contributed by atoms with E-state index in [-0.39, 0.29) is 23.6 Å². The van der Waals surface area contributed by atoms with Gasteiger partial charge in [-0.15, -0.1) is 0 Å². The van der Waals surface area contributed by atoms with Crippen molar-refractivity contribution in [1.29, 1.82) is 0 Å². The van der Waals surface area contributed by atoms with Crippen molar-refractivity contribution >= 4 is 17.5 Å². The van der Waals surface area contributed by atoms with E-state index in [2.05, 4.69) is 29.6 Å². The third-order valence-electron chi connectivity index (χ3n) is 7.17. The number of amides is 2. The number of nitrogens with two attached hydrogens (primary N) is 1. The molecule has 2 atom stereocenters. The summed E-state index contributed by atoms with van der Waals surface area (Å²) in [5, 5.41) is 13.0. The van der Waals surface area contributed by atoms with Crippen LogP contribution in [0, 0.1) is 13.8 Å². The van der Waals surface area contributed by atoms with Gasteiger partial charge in [-0.05, 0) is 91.1 Å². The van der Waals surface area contributed by atoms with Crippen LogP contribution in [0.2, 0.25) is 0 Å². The van der Waals surface area contributed by atoms with Gasteiger partial charge < -0.3 is 21.1 Å². The number of anilines is 1. The molecule has 1 heterocycles. The fraction of sp³-hybridized carbons (Fsp3) is 0.355. The highest BCUT2D eigenvalue weighted by Crippen LogP contribution is 2.36. The zero-order valence-corrected chi connectivity index (χ0v) is 22.0. The van der Waals surface area contributed by atoms with Crippen LogP contribution in [-0.4, -0.2) is 29.5 Å². The first-order valence-electron chi connectivity index (χ1n) is 13.1. The molecule has 1 aliphatic heterocycles. The predicted molar refractivity (Wildman–Crippen MR) is 148 cm³/mol. The van der Waals surface area contributed by atoms with Gasteiger partial charge in [0.15, 0.2) is 0 Å². The smallest absolute Gasteiger partial charge is 0.237 e. The van der Waals surface area contributed by atoms with Crippen LogP contribution in [0.3, 0.4) is 0 Å². The molecular formula is C31H37N3O3. The summed E-state index contributed by atoms with van der Waals surface area (Å²) >= 11 is 0. The van der Waals surface area contributed by atoms with Crippen molar-refractivity contribution in [3.63, 3.8) is 0 Å². The molecule has 0 spiro atoms. The average molecular weight is 500 g/mol. The van der Waals surface area contributed by atoms with E-state index >= 15 is 0 Å². The van der Waals surface area contributed by atoms with Gasteiger partial charge in [0.25, 0.3) is 0 Å². The van der Waals surface area contributed by atoms with Crippen LogP contribution in [0.5, 0.6) is 5.75 Å². The summed E-state index contributed by atoms with van der Waals surface area (Å²) in [7, 11) is 0. The lowest BCUT2D eigenvalue weighted by Crippen LogP contribution is -2.46. The molecule has 0 aliphatic carbocycles. The third kappa shape index (κ3) is 6.20. The fourth-order valence-corrected chi connectivity index (χ4v) is 5.25. The van der Waals surface area contributed by atoms with E-state index in [0.29, 0.717) is 25.8 Å². The zero-order valence-electron chi connectivity index (χ0n) is 22.0. The standard InChI is InChI=1S/C31H37N3O3/c1-4-8-30(36)34-14-13-28(26-18-23(11-12-29(26)34)17-22-9-6-5-7-10-22)33-31(37)27(32)19-25-20(2)15-24(35)16-21(25)3/h5-7,9-12,15-16,18,27-28,35H,4,8,13-14,17,19,32H2,1-3H3,(H,33,37)/t27-,28+/m0/s1. The number of phenolic OH excluding ortho intramolecular Hbond substituents is 1. The zero-order chi connectivity index (χ0) is 26.5. The van der Waals surface area contributed by atoms with Crippen LogP contribution in [0.1, 0.15) is 65.6 Å². The van der Waals surface area contributed by atoms with Gasteiger partial charge in [-0.1, -0.05) is 49.4 Å². The summed E-state index contributed by atoms with van der Waals surface area (Å²) in [5.74, 6) is 0.105. The predicted octanol–water partition coefficient (Wildman–Crippen LogP) is 4.86. The first-order chi connectivity index (χ1) is 17.8. The number of hydrogen-bond donors (Lipinski definition) is 3. The molecule has 0 bridgehead atoms. The van der Waals surface area contributed by atoms with E-state index < -0.39 is 6.04 Å². The van der Waals surface area contributed by atoms with Gasteiger partial charge in [0.2, 0.25) is 11.8 Å². The summed E-state index contributed by atoms with van der Waals surface area (Å²) in [6.07, 6.45) is 3.09. The Morgan fingerprint density at radius 1 is 1.05 bits per heavy atom. The minimum absolute atomic E-state index is 0.110. The van der Waals surface area contributed by atoms with Gasteiger partial charge in [0.1, 0.15) is 5.75 Å². The Kier molecular flexibility index (Phi) is 8.29. The highest BCUT2D eigenvalue weighted by atomic mass is 16.3. The molecule has 0 saturated heterocycles. The van der Waals surface area contributed by atoms with Gasteiger partial charge in [-0.25, -0.2) is 0 Å². The lowest BCUT2D eigenvalue weighted by molar-refractivity contribution is -0.123. The van der Waals surface area contributed by atoms with Gasteiger partial charge >= 0.3 is 0 Å². The highest BCUT2D eigenvalue weighted by molar-refractivity contribution is 5.95. The lowest BCUT2D eigenvalue weighted by Gasteiger charge is -2.35. The van der Waals surface area contributed by atoms with Gasteiger partial charge in [-0.2, -0.15) is 0 Å². The maximum absolute atomic E-state index is 13.2. The molecule has 194 valence electrons. The van der Waals surface area contributed by atoms with Gasteiger partial charge in [0, 0.05) is 18.7 Å². The van der Waals surface area contributed by atoms with E-state index in [4.69, 9.17) is 5.73 Å². The van der Waals surface area contributed by atoms with E-state index in [1.165, 1.54) is 5.56 Å². The minimum Gasteiger partial charge on any atom is -0.508 e. The Hall–Kier alpha value is -3.64. The Labute approximate surface area is 219 Å². The van der Waals surface area contributed by atoms with Crippen molar-refractivity contribution in [2.45, 2.75) is 65.0 Å². The number of aryl methyl sites for hydroxylation is 2. The molecule has 6 nitrogen and oxygen atoms in total. The largest absolute Gasteiger partial charge is 0.508 e. The Bertz CT molecular complexity index is 1250. The van der Waals surface area contributed by atoms with Gasteiger partial charge in [-0.3, -0.25) is 9.59 Å². The van der Waals surface area contributed by atoms with Crippen LogP contribution in [-0.2, 0) is 22.4 Å². The monoisotopic (exact) mass is 499 g/mol. The molecule has 6 heteroatoms. The number of nitrogens with one attached hydrogen (secondary N) is 1. The fourth-order valence-electron chi connectivity index (χ4n) is 5.25. The summed E-state index contributed by atoms with van der Waals surface area (Å²) in [4.78, 5) is 28.0. The molecule has 4 rings (SSSR count). The maximum Gasteiger partial charge on any atom is 0.237 e. The Balaban J connectivity index is 1.57. The second kappa shape index (κ2) is 11.6. The van der Waals surface area contributed by atoms with Crippen LogP contribution >= 0.6 is 0 Å². The van der Waals surface area contributed by atoms with Crippen LogP contribution < -0.4 is 16.0 Å². The first kappa shape index (κ1) is 26.4. The van der Waals surface area contributed by atoms with E-state index in [1.807, 2.05) is 49.9 Å². The Morgan fingerprint density at radius 2 is 1.76 bits per heavy atom. The molecule has 0 aromatic heterocycles. The van der Waals surface area contributed by atoms with Crippen molar-refractivity contribution in [2.24, 2.45) is 5.73 Å². The summed E-state index contributed by atoms with van der Waals surface area (Å²) in [6, 6.07) is 18.9. The molecule has 2 amide bonds. The molecule has 0 radical (unpaired) electrons. The lowest BCUT2D eigenvalue weighted by atomic mass is 9.91. The average Bonchev–Trinajstić information content (AvgIpc) is 2.87. The van der Waals surface area contributed by atoms with Crippen molar-refractivity contribution in [1.82, 2.24) is 5.32 Å². The van der Waals surface area contributed by atoms with E-state index in [1.54, 1.807) is 12.1 Å². The molecule has 3 aromatic carbocycles. The first-order valence-corrected chi connectivity index (χ1v) is 13.1. The summed E-state index contributed by atoms with van der Waals surface area (Å²) in [5.41, 5.74) is 13.3. The summed E-state index contributed by atoms with van der Waals surface area (Å²) < 4.78 is 0. The van der Waals surface area contributed by atoms with Crippen molar-refractivity contribution in [3.8, 4) is 5.75 Å². The molecule has 37 heavy (non-hydrogen) atoms. The van der Waals surface area contributed by atoms with Crippen LogP contribution in [0.15, 0.2) is 60.7 Å². The third-order valence-corrected chi connectivity index (χ3v) is 7.17. The molecule has 1 aliphatic rings. The number of carbonyl (C=O) groups excluding carboxylic acids is 2. The van der Waals surface area contributed by atoms with Crippen molar-refractivity contribution in [3.05, 3.63) is 94.0 Å². The minimum atomic E-state index is -0.724. The number of carbonyl (C=O) groups is 2. The number of nitrogens with zero attached hydrogens (tertiary/aromatic N) is 1. The van der Waals surface area contributed by atoms with Crippen molar-refractivity contribution in [2.75, 3.05) is 11.4 Å². The molecule has 4 N–H and O–H groups in total. The second-order valence-corrected chi connectivity index (χ2v) is 10.1. The Morgan fingerprint density at radius 3 is 2.43 bits per heavy atom. The van der Waals surface area contributed by atoms with Crippen LogP contribution in [0.25, 0.3) is 0 Å². The number of phenols is 1. The number of aromatic hydroxyl groups is 1. The van der Waals surface area contributed by atoms with E-state index in [0.717, 1.165) is 46.3 Å². The highest BCUT2D eigenvalue weighted by Gasteiger charge is 2.30. The number of benzene rings is 3. The topological polar surface area (TPSA) is 95.7 Å². The SMILES string of the molecule is CCCC(=O)N1CC[C@@H](NC(=O)[C@@H](N)Cc2c(C)cc(O)cc2C)c2cc(Cc3ccccc3)ccc21. The number of hydrogen-bond acceptors (Lipinski definition) is 4. The van der Waals surface area contributed by atoms with Gasteiger partial charge in [0.05, 0.1) is 12.1 Å². The maximum atomic E-state index is 13.2. The van der Waals surface area contributed by atoms with Crippen LogP contribution in [0.4, 0.5) is 5.69 Å². The molecule has 0 unspecified atom stereocenters. The molecule has 0 fully saturated rings. The molecule has 0 saturated carbocycles. The molecular weight excluding hydrogens is 462 g/mol. The second-order valence-electron chi connectivity index (χ2n) is 10.1. The summed E-state index contributed by atoms with van der Waals surface area (Å²) in [6.45, 7) is 6.40. The molecule has 3 aromatic rings. The number of rotatable bonds is 8. The van der Waals surface area contributed by atoms with E-state index in [9.17, 15) is 14.7 Å². The normalized spacial score (nSPS) is 15.7.